The molecule has 0 aromatic heterocycles. The molecular weight excluding hydrogens is 290 g/mol. The van der Waals surface area contributed by atoms with E-state index >= 15 is 0 Å². The monoisotopic (exact) mass is 315 g/mol. The van der Waals surface area contributed by atoms with Crippen molar-refractivity contribution in [3.63, 3.8) is 0 Å². The SMILES string of the molecule is Cc1ccc([C@H](C)NC(=O)[C@H]2[C@H]3CC[C@@H](C3)[C@H]2C(=O)O)cc1C. The van der Waals surface area contributed by atoms with Crippen LogP contribution in [-0.4, -0.2) is 17.0 Å². The van der Waals surface area contributed by atoms with Crippen molar-refractivity contribution in [2.24, 2.45) is 23.7 Å². The third-order valence-corrected chi connectivity index (χ3v) is 5.89. The first-order chi connectivity index (χ1) is 10.9. The summed E-state index contributed by atoms with van der Waals surface area (Å²) in [5, 5.41) is 12.5. The van der Waals surface area contributed by atoms with E-state index in [2.05, 4.69) is 31.3 Å². The van der Waals surface area contributed by atoms with E-state index < -0.39 is 11.9 Å². The van der Waals surface area contributed by atoms with Crippen LogP contribution >= 0.6 is 0 Å². The Morgan fingerprint density at radius 3 is 2.39 bits per heavy atom. The van der Waals surface area contributed by atoms with Gasteiger partial charge in [0.15, 0.2) is 0 Å². The van der Waals surface area contributed by atoms with Gasteiger partial charge in [-0.15, -0.1) is 0 Å². The fraction of sp³-hybridized carbons (Fsp3) is 0.579. The van der Waals surface area contributed by atoms with Gasteiger partial charge >= 0.3 is 5.97 Å². The quantitative estimate of drug-likeness (QED) is 0.896. The van der Waals surface area contributed by atoms with E-state index in [9.17, 15) is 14.7 Å². The second-order valence-corrected chi connectivity index (χ2v) is 7.30. The number of aryl methyl sites for hydroxylation is 2. The van der Waals surface area contributed by atoms with Gasteiger partial charge in [-0.2, -0.15) is 0 Å². The molecule has 1 amide bonds. The molecule has 1 aromatic carbocycles. The molecule has 2 saturated carbocycles. The fourth-order valence-corrected chi connectivity index (χ4v) is 4.45. The molecule has 2 bridgehead atoms. The summed E-state index contributed by atoms with van der Waals surface area (Å²) in [6.45, 7) is 6.09. The smallest absolute Gasteiger partial charge is 0.307 e. The highest BCUT2D eigenvalue weighted by Crippen LogP contribution is 2.52. The van der Waals surface area contributed by atoms with Gasteiger partial charge < -0.3 is 10.4 Å². The van der Waals surface area contributed by atoms with Gasteiger partial charge in [-0.25, -0.2) is 0 Å². The molecule has 0 saturated heterocycles. The summed E-state index contributed by atoms with van der Waals surface area (Å²) in [6.07, 6.45) is 2.84. The third-order valence-electron chi connectivity index (χ3n) is 5.89. The summed E-state index contributed by atoms with van der Waals surface area (Å²) >= 11 is 0. The van der Waals surface area contributed by atoms with Crippen LogP contribution in [0, 0.1) is 37.5 Å². The van der Waals surface area contributed by atoms with Crippen LogP contribution in [-0.2, 0) is 9.59 Å². The van der Waals surface area contributed by atoms with Crippen molar-refractivity contribution in [1.82, 2.24) is 5.32 Å². The minimum absolute atomic E-state index is 0.0877. The number of carbonyl (C=O) groups is 2. The number of carboxylic acid groups (broad SMARTS) is 1. The fourth-order valence-electron chi connectivity index (χ4n) is 4.45. The average Bonchev–Trinajstić information content (AvgIpc) is 3.10. The normalized spacial score (nSPS) is 30.2. The van der Waals surface area contributed by atoms with Gasteiger partial charge in [-0.05, 0) is 68.6 Å². The van der Waals surface area contributed by atoms with Crippen LogP contribution in [0.3, 0.4) is 0 Å². The molecule has 3 rings (SSSR count). The largest absolute Gasteiger partial charge is 0.481 e. The number of benzene rings is 1. The number of aliphatic carboxylic acids is 1. The Morgan fingerprint density at radius 2 is 1.78 bits per heavy atom. The van der Waals surface area contributed by atoms with Crippen LogP contribution in [0.1, 0.15) is 48.9 Å². The number of hydrogen-bond donors (Lipinski definition) is 2. The van der Waals surface area contributed by atoms with Gasteiger partial charge in [-0.3, -0.25) is 9.59 Å². The minimum Gasteiger partial charge on any atom is -0.481 e. The highest BCUT2D eigenvalue weighted by Gasteiger charge is 2.54. The molecule has 23 heavy (non-hydrogen) atoms. The van der Waals surface area contributed by atoms with Crippen molar-refractivity contribution < 1.29 is 14.7 Å². The molecule has 1 aromatic rings. The first-order valence-electron chi connectivity index (χ1n) is 8.48. The lowest BCUT2D eigenvalue weighted by Crippen LogP contribution is -2.42. The van der Waals surface area contributed by atoms with Gasteiger partial charge in [0.2, 0.25) is 5.91 Å². The minimum atomic E-state index is -0.809. The van der Waals surface area contributed by atoms with E-state index in [1.54, 1.807) is 0 Å². The van der Waals surface area contributed by atoms with Crippen LogP contribution in [0.25, 0.3) is 0 Å². The van der Waals surface area contributed by atoms with E-state index in [0.29, 0.717) is 0 Å². The maximum absolute atomic E-state index is 12.7. The molecule has 0 spiro atoms. The molecule has 4 heteroatoms. The lowest BCUT2D eigenvalue weighted by molar-refractivity contribution is -0.149. The molecule has 2 aliphatic rings. The molecule has 5 atom stereocenters. The molecule has 4 nitrogen and oxygen atoms in total. The maximum atomic E-state index is 12.7. The predicted molar refractivity (Wildman–Crippen MR) is 87.9 cm³/mol. The van der Waals surface area contributed by atoms with Gasteiger partial charge in [0.25, 0.3) is 0 Å². The van der Waals surface area contributed by atoms with Gasteiger partial charge in [0, 0.05) is 0 Å². The van der Waals surface area contributed by atoms with Gasteiger partial charge in [0.1, 0.15) is 0 Å². The Morgan fingerprint density at radius 1 is 1.13 bits per heavy atom. The van der Waals surface area contributed by atoms with E-state index in [-0.39, 0.29) is 29.7 Å². The number of carboxylic acids is 1. The standard InChI is InChI=1S/C19H25NO3/c1-10-4-5-13(8-11(10)2)12(3)20-18(21)16-14-6-7-15(9-14)17(16)19(22)23/h4-5,8,12,14-17H,6-7,9H2,1-3H3,(H,20,21)(H,22,23)/t12-,14-,15-,16-,17+/m0/s1. The number of amides is 1. The molecular formula is C19H25NO3. The molecule has 2 aliphatic carbocycles. The summed E-state index contributed by atoms with van der Waals surface area (Å²) in [5.41, 5.74) is 3.50. The molecule has 2 N–H and O–H groups in total. The summed E-state index contributed by atoms with van der Waals surface area (Å²) in [5.74, 6) is -1.33. The number of carbonyl (C=O) groups excluding carboxylic acids is 1. The summed E-state index contributed by atoms with van der Waals surface area (Å²) < 4.78 is 0. The Hall–Kier alpha value is -1.84. The van der Waals surface area contributed by atoms with Crippen molar-refractivity contribution in [1.29, 1.82) is 0 Å². The Kier molecular flexibility index (Phi) is 4.17. The molecule has 0 heterocycles. The van der Waals surface area contributed by atoms with Crippen molar-refractivity contribution in [2.45, 2.75) is 46.1 Å². The molecule has 0 radical (unpaired) electrons. The zero-order valence-corrected chi connectivity index (χ0v) is 14.0. The highest BCUT2D eigenvalue weighted by molar-refractivity contribution is 5.86. The first kappa shape index (κ1) is 16.0. The summed E-state index contributed by atoms with van der Waals surface area (Å²) in [4.78, 5) is 24.3. The lowest BCUT2D eigenvalue weighted by atomic mass is 9.78. The topological polar surface area (TPSA) is 66.4 Å². The average molecular weight is 315 g/mol. The number of hydrogen-bond acceptors (Lipinski definition) is 2. The number of rotatable bonds is 4. The van der Waals surface area contributed by atoms with Crippen LogP contribution in [0.5, 0.6) is 0 Å². The lowest BCUT2D eigenvalue weighted by Gasteiger charge is -2.28. The maximum Gasteiger partial charge on any atom is 0.307 e. The molecule has 2 fully saturated rings. The number of fused-ring (bicyclic) bond motifs is 2. The van der Waals surface area contributed by atoms with Crippen molar-refractivity contribution in [3.8, 4) is 0 Å². The second kappa shape index (κ2) is 5.99. The first-order valence-corrected chi connectivity index (χ1v) is 8.48. The zero-order chi connectivity index (χ0) is 16.7. The second-order valence-electron chi connectivity index (χ2n) is 7.30. The van der Waals surface area contributed by atoms with E-state index in [0.717, 1.165) is 24.8 Å². The van der Waals surface area contributed by atoms with Crippen LogP contribution in [0.4, 0.5) is 0 Å². The van der Waals surface area contributed by atoms with Crippen molar-refractivity contribution in [2.75, 3.05) is 0 Å². The van der Waals surface area contributed by atoms with Crippen molar-refractivity contribution in [3.05, 3.63) is 34.9 Å². The van der Waals surface area contributed by atoms with Crippen LogP contribution in [0.2, 0.25) is 0 Å². The van der Waals surface area contributed by atoms with Crippen molar-refractivity contribution >= 4 is 11.9 Å². The summed E-state index contributed by atoms with van der Waals surface area (Å²) in [7, 11) is 0. The highest BCUT2D eigenvalue weighted by atomic mass is 16.4. The number of nitrogens with one attached hydrogen (secondary N) is 1. The van der Waals surface area contributed by atoms with Gasteiger partial charge in [-0.1, -0.05) is 18.2 Å². The zero-order valence-electron chi connectivity index (χ0n) is 14.0. The van der Waals surface area contributed by atoms with E-state index in [4.69, 9.17) is 0 Å². The molecule has 0 aliphatic heterocycles. The van der Waals surface area contributed by atoms with E-state index in [1.807, 2.05) is 13.0 Å². The third kappa shape index (κ3) is 2.87. The Labute approximate surface area is 137 Å². The molecule has 124 valence electrons. The predicted octanol–water partition coefficient (Wildman–Crippen LogP) is 3.23. The summed E-state index contributed by atoms with van der Waals surface area (Å²) in [6, 6.07) is 6.08. The molecule has 0 unspecified atom stereocenters. The van der Waals surface area contributed by atoms with Crippen LogP contribution < -0.4 is 5.32 Å². The van der Waals surface area contributed by atoms with Gasteiger partial charge in [0.05, 0.1) is 17.9 Å². The van der Waals surface area contributed by atoms with E-state index in [1.165, 1.54) is 11.1 Å². The van der Waals surface area contributed by atoms with Crippen LogP contribution in [0.15, 0.2) is 18.2 Å². The Balaban J connectivity index is 1.73. The Bertz CT molecular complexity index is 640.